The molecular weight excluding hydrogens is 284 g/mol. The Bertz CT molecular complexity index is 559. The van der Waals surface area contributed by atoms with E-state index >= 15 is 0 Å². The van der Waals surface area contributed by atoms with Gasteiger partial charge in [0.15, 0.2) is 0 Å². The lowest BCUT2D eigenvalue weighted by atomic mass is 10.0. The Morgan fingerprint density at radius 2 is 2.05 bits per heavy atom. The Balaban J connectivity index is 2.51. The minimum atomic E-state index is -0.238. The van der Waals surface area contributed by atoms with E-state index in [9.17, 15) is 0 Å². The van der Waals surface area contributed by atoms with E-state index in [0.29, 0.717) is 5.02 Å². The van der Waals surface area contributed by atoms with E-state index in [1.807, 2.05) is 29.6 Å². The number of methoxy groups -OCH3 is 2. The van der Waals surface area contributed by atoms with Crippen LogP contribution in [0.2, 0.25) is 5.02 Å². The van der Waals surface area contributed by atoms with Gasteiger partial charge in [0.2, 0.25) is 0 Å². The van der Waals surface area contributed by atoms with Gasteiger partial charge in [-0.3, -0.25) is 5.84 Å². The molecular formula is C13H15ClN2O2S. The van der Waals surface area contributed by atoms with Crippen LogP contribution < -0.4 is 20.7 Å². The molecule has 0 bridgehead atoms. The standard InChI is InChI=1S/C13H15ClN2O2S/c1-17-8-3-4-11(18-2)9(7-8)12(16-15)13-10(14)5-6-19-13/h3-7,12,16H,15H2,1-2H3. The summed E-state index contributed by atoms with van der Waals surface area (Å²) in [7, 11) is 3.24. The molecule has 1 unspecified atom stereocenters. The van der Waals surface area contributed by atoms with Gasteiger partial charge in [-0.25, -0.2) is 5.43 Å². The lowest BCUT2D eigenvalue weighted by Gasteiger charge is -2.19. The van der Waals surface area contributed by atoms with E-state index in [2.05, 4.69) is 5.43 Å². The number of hydrogen-bond donors (Lipinski definition) is 2. The Labute approximate surface area is 121 Å². The molecule has 0 aliphatic carbocycles. The third-order valence-electron chi connectivity index (χ3n) is 2.82. The van der Waals surface area contributed by atoms with E-state index in [0.717, 1.165) is 21.9 Å². The van der Waals surface area contributed by atoms with Crippen molar-refractivity contribution in [3.05, 3.63) is 45.1 Å². The second-order valence-electron chi connectivity index (χ2n) is 3.84. The third-order valence-corrected chi connectivity index (χ3v) is 4.24. The molecule has 1 aromatic heterocycles. The van der Waals surface area contributed by atoms with Gasteiger partial charge in [0, 0.05) is 10.4 Å². The molecule has 19 heavy (non-hydrogen) atoms. The number of thiophene rings is 1. The topological polar surface area (TPSA) is 56.5 Å². The molecule has 0 saturated heterocycles. The van der Waals surface area contributed by atoms with Crippen molar-refractivity contribution in [1.82, 2.24) is 5.43 Å². The summed E-state index contributed by atoms with van der Waals surface area (Å²) < 4.78 is 10.6. The summed E-state index contributed by atoms with van der Waals surface area (Å²) in [4.78, 5) is 0.940. The first-order valence-corrected chi connectivity index (χ1v) is 6.88. The third kappa shape index (κ3) is 2.84. The van der Waals surface area contributed by atoms with Crippen LogP contribution in [0.1, 0.15) is 16.5 Å². The fourth-order valence-corrected chi connectivity index (χ4v) is 3.13. The number of rotatable bonds is 5. The Hall–Kier alpha value is -1.27. The molecule has 0 aliphatic heterocycles. The van der Waals surface area contributed by atoms with Crippen LogP contribution in [0.4, 0.5) is 0 Å². The fourth-order valence-electron chi connectivity index (χ4n) is 1.88. The van der Waals surface area contributed by atoms with Gasteiger partial charge in [0.1, 0.15) is 11.5 Å². The number of nitrogens with two attached hydrogens (primary N) is 1. The molecule has 0 aliphatic rings. The monoisotopic (exact) mass is 298 g/mol. The summed E-state index contributed by atoms with van der Waals surface area (Å²) in [6.45, 7) is 0. The van der Waals surface area contributed by atoms with Gasteiger partial charge in [0.25, 0.3) is 0 Å². The summed E-state index contributed by atoms with van der Waals surface area (Å²) in [5, 5.41) is 2.60. The summed E-state index contributed by atoms with van der Waals surface area (Å²) in [5.41, 5.74) is 3.66. The lowest BCUT2D eigenvalue weighted by Crippen LogP contribution is -2.28. The SMILES string of the molecule is COc1ccc(OC)c(C(NN)c2sccc2Cl)c1. The highest BCUT2D eigenvalue weighted by molar-refractivity contribution is 7.10. The van der Waals surface area contributed by atoms with Crippen molar-refractivity contribution in [2.75, 3.05) is 14.2 Å². The van der Waals surface area contributed by atoms with Gasteiger partial charge in [0.05, 0.1) is 25.3 Å². The summed E-state index contributed by atoms with van der Waals surface area (Å²) in [6, 6.07) is 7.18. The van der Waals surface area contributed by atoms with Gasteiger partial charge in [-0.05, 0) is 29.6 Å². The Morgan fingerprint density at radius 3 is 2.58 bits per heavy atom. The van der Waals surface area contributed by atoms with E-state index in [4.69, 9.17) is 26.9 Å². The molecule has 0 amide bonds. The summed E-state index contributed by atoms with van der Waals surface area (Å²) in [5.74, 6) is 7.15. The highest BCUT2D eigenvalue weighted by Crippen LogP contribution is 2.37. The summed E-state index contributed by atoms with van der Waals surface area (Å²) in [6.07, 6.45) is 0. The van der Waals surface area contributed by atoms with Crippen molar-refractivity contribution >= 4 is 22.9 Å². The maximum absolute atomic E-state index is 6.18. The van der Waals surface area contributed by atoms with Crippen molar-refractivity contribution in [2.45, 2.75) is 6.04 Å². The van der Waals surface area contributed by atoms with E-state index < -0.39 is 0 Å². The zero-order valence-electron chi connectivity index (χ0n) is 10.6. The fraction of sp³-hybridized carbons (Fsp3) is 0.231. The van der Waals surface area contributed by atoms with Crippen molar-refractivity contribution in [3.63, 3.8) is 0 Å². The minimum absolute atomic E-state index is 0.238. The molecule has 3 N–H and O–H groups in total. The molecule has 0 fully saturated rings. The number of hydrazine groups is 1. The van der Waals surface area contributed by atoms with Crippen molar-refractivity contribution in [1.29, 1.82) is 0 Å². The molecule has 1 atom stereocenters. The van der Waals surface area contributed by atoms with Gasteiger partial charge < -0.3 is 9.47 Å². The van der Waals surface area contributed by atoms with Gasteiger partial charge in [-0.15, -0.1) is 11.3 Å². The molecule has 6 heteroatoms. The molecule has 0 radical (unpaired) electrons. The molecule has 102 valence electrons. The van der Waals surface area contributed by atoms with E-state index in [-0.39, 0.29) is 6.04 Å². The average molecular weight is 299 g/mol. The van der Waals surface area contributed by atoms with Crippen LogP contribution in [0.15, 0.2) is 29.6 Å². The summed E-state index contributed by atoms with van der Waals surface area (Å²) >= 11 is 7.71. The largest absolute Gasteiger partial charge is 0.497 e. The number of benzene rings is 1. The zero-order valence-corrected chi connectivity index (χ0v) is 12.2. The zero-order chi connectivity index (χ0) is 13.8. The normalized spacial score (nSPS) is 12.2. The number of nitrogens with one attached hydrogen (secondary N) is 1. The molecule has 2 aromatic rings. The van der Waals surface area contributed by atoms with Crippen molar-refractivity contribution in [2.24, 2.45) is 5.84 Å². The number of ether oxygens (including phenoxy) is 2. The van der Waals surface area contributed by atoms with Crippen LogP contribution in [-0.4, -0.2) is 14.2 Å². The van der Waals surface area contributed by atoms with Crippen LogP contribution >= 0.6 is 22.9 Å². The molecule has 2 rings (SSSR count). The molecule has 1 heterocycles. The van der Waals surface area contributed by atoms with E-state index in [1.54, 1.807) is 14.2 Å². The van der Waals surface area contributed by atoms with Crippen LogP contribution in [-0.2, 0) is 0 Å². The lowest BCUT2D eigenvalue weighted by molar-refractivity contribution is 0.394. The number of halogens is 1. The molecule has 0 saturated carbocycles. The Morgan fingerprint density at radius 1 is 1.26 bits per heavy atom. The second kappa shape index (κ2) is 6.25. The maximum Gasteiger partial charge on any atom is 0.124 e. The van der Waals surface area contributed by atoms with Crippen LogP contribution in [0.3, 0.4) is 0 Å². The second-order valence-corrected chi connectivity index (χ2v) is 5.20. The van der Waals surface area contributed by atoms with Gasteiger partial charge in [-0.1, -0.05) is 11.6 Å². The van der Waals surface area contributed by atoms with Crippen molar-refractivity contribution < 1.29 is 9.47 Å². The van der Waals surface area contributed by atoms with Crippen LogP contribution in [0.5, 0.6) is 11.5 Å². The molecule has 0 spiro atoms. The predicted molar refractivity (Wildman–Crippen MR) is 78.0 cm³/mol. The quantitative estimate of drug-likeness (QED) is 0.658. The first-order chi connectivity index (χ1) is 9.21. The average Bonchev–Trinajstić information content (AvgIpc) is 2.86. The Kier molecular flexibility index (Phi) is 4.66. The van der Waals surface area contributed by atoms with E-state index in [1.165, 1.54) is 11.3 Å². The first-order valence-electron chi connectivity index (χ1n) is 5.62. The van der Waals surface area contributed by atoms with Gasteiger partial charge >= 0.3 is 0 Å². The molecule has 1 aromatic carbocycles. The van der Waals surface area contributed by atoms with Gasteiger partial charge in [-0.2, -0.15) is 0 Å². The number of hydrogen-bond acceptors (Lipinski definition) is 5. The smallest absolute Gasteiger partial charge is 0.124 e. The minimum Gasteiger partial charge on any atom is -0.497 e. The highest BCUT2D eigenvalue weighted by atomic mass is 35.5. The van der Waals surface area contributed by atoms with Crippen LogP contribution in [0.25, 0.3) is 0 Å². The predicted octanol–water partition coefficient (Wildman–Crippen LogP) is 2.97. The van der Waals surface area contributed by atoms with Crippen molar-refractivity contribution in [3.8, 4) is 11.5 Å². The first kappa shape index (κ1) is 14.1. The maximum atomic E-state index is 6.18. The highest BCUT2D eigenvalue weighted by Gasteiger charge is 2.21. The van der Waals surface area contributed by atoms with Crippen LogP contribution in [0, 0.1) is 0 Å². The molecule has 4 nitrogen and oxygen atoms in total.